The summed E-state index contributed by atoms with van der Waals surface area (Å²) in [5.74, 6) is -0.256. The van der Waals surface area contributed by atoms with Gasteiger partial charge in [-0.05, 0) is 38.6 Å². The van der Waals surface area contributed by atoms with E-state index in [1.54, 1.807) is 4.90 Å². The minimum Gasteiger partial charge on any atom is -0.381 e. The molecule has 3 nitrogen and oxygen atoms in total. The van der Waals surface area contributed by atoms with Crippen molar-refractivity contribution in [2.45, 2.75) is 12.1 Å². The molecule has 1 fully saturated rings. The molecule has 0 aromatic heterocycles. The van der Waals surface area contributed by atoms with Gasteiger partial charge in [0.25, 0.3) is 5.91 Å². The fourth-order valence-electron chi connectivity index (χ4n) is 4.76. The number of β-lactam (4-membered cyclic amide) rings is 1. The maximum absolute atomic E-state index is 12.9. The van der Waals surface area contributed by atoms with Gasteiger partial charge in [0.2, 0.25) is 0 Å². The molecule has 1 heterocycles. The lowest BCUT2D eigenvalue weighted by Crippen LogP contribution is -2.59. The van der Waals surface area contributed by atoms with E-state index >= 15 is 0 Å². The van der Waals surface area contributed by atoms with Crippen LogP contribution in [0.4, 0.5) is 5.69 Å². The maximum Gasteiger partial charge on any atom is 0.259 e. The summed E-state index contributed by atoms with van der Waals surface area (Å²) in [4.78, 5) is 14.6. The second-order valence-electron chi connectivity index (χ2n) is 7.83. The molecular formula is C27H19NO2. The number of anilines is 1. The Bertz CT molecular complexity index is 1440. The molecule has 6 rings (SSSR count). The Hall–Kier alpha value is -3.69. The Labute approximate surface area is 173 Å². The number of carbonyl (C=O) groups excluding carboxylic acids is 1. The van der Waals surface area contributed by atoms with Gasteiger partial charge >= 0.3 is 0 Å². The molecule has 3 heteroatoms. The minimum absolute atomic E-state index is 0.256. The molecule has 5 aromatic carbocycles. The highest BCUT2D eigenvalue weighted by atomic mass is 16.3. The molecule has 0 aliphatic carbocycles. The van der Waals surface area contributed by atoms with E-state index < -0.39 is 6.10 Å². The molecular weight excluding hydrogens is 370 g/mol. The number of hydrogen-bond acceptors (Lipinski definition) is 2. The summed E-state index contributed by atoms with van der Waals surface area (Å²) in [6.45, 7) is 0. The van der Waals surface area contributed by atoms with Crippen LogP contribution in [0, 0.1) is 0 Å². The number of benzene rings is 5. The van der Waals surface area contributed by atoms with Crippen molar-refractivity contribution in [3.8, 4) is 0 Å². The highest BCUT2D eigenvalue weighted by molar-refractivity contribution is 6.23. The standard InChI is InChI=1S/C27H19NO2/c29-26-25(18-9-2-1-3-10-18)28(27(26)30)24-16-23-19-11-5-4-8-17(19)14-15-21(23)20-12-6-7-13-22(20)24/h1-16,25-26,29H/t25?,26-/m1/s1. The van der Waals surface area contributed by atoms with Crippen molar-refractivity contribution >= 4 is 43.9 Å². The Morgan fingerprint density at radius 3 is 2.07 bits per heavy atom. The van der Waals surface area contributed by atoms with Gasteiger partial charge in [-0.25, -0.2) is 0 Å². The van der Waals surface area contributed by atoms with Crippen molar-refractivity contribution < 1.29 is 9.90 Å². The first kappa shape index (κ1) is 17.2. The summed E-state index contributed by atoms with van der Waals surface area (Å²) in [6.07, 6.45) is -1.02. The normalized spacial score (nSPS) is 18.8. The molecule has 1 N–H and O–H groups in total. The van der Waals surface area contributed by atoms with Gasteiger partial charge in [-0.3, -0.25) is 9.69 Å². The number of amides is 1. The first-order chi connectivity index (χ1) is 14.7. The first-order valence-corrected chi connectivity index (χ1v) is 10.1. The predicted octanol–water partition coefficient (Wildman–Crippen LogP) is 5.60. The largest absolute Gasteiger partial charge is 0.381 e. The maximum atomic E-state index is 12.9. The summed E-state index contributed by atoms with van der Waals surface area (Å²) in [6, 6.07) is 32.3. The molecule has 0 radical (unpaired) electrons. The van der Waals surface area contributed by atoms with Crippen LogP contribution in [0.2, 0.25) is 0 Å². The zero-order valence-electron chi connectivity index (χ0n) is 16.2. The molecule has 0 saturated carbocycles. The fraction of sp³-hybridized carbons (Fsp3) is 0.0741. The van der Waals surface area contributed by atoms with Gasteiger partial charge in [0.15, 0.2) is 6.10 Å². The number of nitrogens with zero attached hydrogens (tertiary/aromatic N) is 1. The molecule has 2 atom stereocenters. The van der Waals surface area contributed by atoms with Crippen LogP contribution in [0.15, 0.2) is 97.1 Å². The third-order valence-electron chi connectivity index (χ3n) is 6.21. The lowest BCUT2D eigenvalue weighted by Gasteiger charge is -2.45. The van der Waals surface area contributed by atoms with E-state index in [1.165, 1.54) is 5.39 Å². The van der Waals surface area contributed by atoms with Gasteiger partial charge in [0.05, 0.1) is 11.7 Å². The van der Waals surface area contributed by atoms with Gasteiger partial charge in [-0.1, -0.05) is 91.0 Å². The molecule has 5 aromatic rings. The molecule has 144 valence electrons. The van der Waals surface area contributed by atoms with Crippen LogP contribution in [-0.2, 0) is 4.79 Å². The third-order valence-corrected chi connectivity index (χ3v) is 6.21. The molecule has 0 bridgehead atoms. The first-order valence-electron chi connectivity index (χ1n) is 10.1. The average molecular weight is 389 g/mol. The molecule has 30 heavy (non-hydrogen) atoms. The second-order valence-corrected chi connectivity index (χ2v) is 7.83. The van der Waals surface area contributed by atoms with Crippen LogP contribution >= 0.6 is 0 Å². The van der Waals surface area contributed by atoms with Crippen molar-refractivity contribution in [1.29, 1.82) is 0 Å². The van der Waals surface area contributed by atoms with Crippen molar-refractivity contribution in [3.63, 3.8) is 0 Å². The topological polar surface area (TPSA) is 40.5 Å². The Kier molecular flexibility index (Phi) is 3.67. The number of hydrogen-bond donors (Lipinski definition) is 1. The fourth-order valence-corrected chi connectivity index (χ4v) is 4.76. The van der Waals surface area contributed by atoms with E-state index in [4.69, 9.17) is 0 Å². The highest BCUT2D eigenvalue weighted by Gasteiger charge is 2.48. The van der Waals surface area contributed by atoms with E-state index in [0.717, 1.165) is 38.2 Å². The zero-order valence-corrected chi connectivity index (χ0v) is 16.2. The number of aliphatic hydroxyl groups is 1. The zero-order chi connectivity index (χ0) is 20.2. The van der Waals surface area contributed by atoms with Gasteiger partial charge in [-0.15, -0.1) is 0 Å². The SMILES string of the molecule is O=C1[C@H](O)C(c2ccccc2)N1c1cc2c3ccccc3ccc2c2ccccc12. The lowest BCUT2D eigenvalue weighted by molar-refractivity contribution is -0.137. The Balaban J connectivity index is 1.67. The summed E-state index contributed by atoms with van der Waals surface area (Å²) < 4.78 is 0. The smallest absolute Gasteiger partial charge is 0.259 e. The van der Waals surface area contributed by atoms with Crippen LogP contribution in [0.3, 0.4) is 0 Å². The number of carbonyl (C=O) groups is 1. The Morgan fingerprint density at radius 1 is 0.633 bits per heavy atom. The summed E-state index contributed by atoms with van der Waals surface area (Å²) >= 11 is 0. The quantitative estimate of drug-likeness (QED) is 0.316. The summed E-state index contributed by atoms with van der Waals surface area (Å²) in [7, 11) is 0. The molecule has 1 saturated heterocycles. The van der Waals surface area contributed by atoms with Crippen LogP contribution in [-0.4, -0.2) is 17.1 Å². The molecule has 0 spiro atoms. The van der Waals surface area contributed by atoms with Crippen molar-refractivity contribution in [2.24, 2.45) is 0 Å². The van der Waals surface area contributed by atoms with Gasteiger partial charge in [0.1, 0.15) is 0 Å². The predicted molar refractivity (Wildman–Crippen MR) is 122 cm³/mol. The Morgan fingerprint density at radius 2 is 1.27 bits per heavy atom. The third kappa shape index (κ3) is 2.33. The molecule has 1 aliphatic heterocycles. The molecule has 1 amide bonds. The average Bonchev–Trinajstić information content (AvgIpc) is 2.82. The van der Waals surface area contributed by atoms with Crippen molar-refractivity contribution in [1.82, 2.24) is 0 Å². The van der Waals surface area contributed by atoms with E-state index in [9.17, 15) is 9.90 Å². The number of rotatable bonds is 2. The van der Waals surface area contributed by atoms with Gasteiger partial charge in [0, 0.05) is 5.39 Å². The van der Waals surface area contributed by atoms with E-state index in [0.29, 0.717) is 0 Å². The van der Waals surface area contributed by atoms with E-state index in [-0.39, 0.29) is 11.9 Å². The number of aliphatic hydroxyl groups excluding tert-OH is 1. The molecule has 1 aliphatic rings. The lowest BCUT2D eigenvalue weighted by atomic mass is 9.88. The van der Waals surface area contributed by atoms with Crippen molar-refractivity contribution in [2.75, 3.05) is 4.90 Å². The summed E-state index contributed by atoms with van der Waals surface area (Å²) in [5, 5.41) is 17.3. The monoisotopic (exact) mass is 389 g/mol. The van der Waals surface area contributed by atoms with E-state index in [1.807, 2.05) is 54.6 Å². The highest BCUT2D eigenvalue weighted by Crippen LogP contribution is 2.45. The summed E-state index contributed by atoms with van der Waals surface area (Å²) in [5.41, 5.74) is 1.78. The minimum atomic E-state index is -1.02. The van der Waals surface area contributed by atoms with Crippen molar-refractivity contribution in [3.05, 3.63) is 103 Å². The number of fused-ring (bicyclic) bond motifs is 5. The molecule has 1 unspecified atom stereocenters. The second kappa shape index (κ2) is 6.41. The van der Waals surface area contributed by atoms with Crippen LogP contribution in [0.1, 0.15) is 11.6 Å². The van der Waals surface area contributed by atoms with E-state index in [2.05, 4.69) is 42.5 Å². The van der Waals surface area contributed by atoms with Crippen LogP contribution in [0.5, 0.6) is 0 Å². The van der Waals surface area contributed by atoms with Crippen LogP contribution in [0.25, 0.3) is 32.3 Å². The van der Waals surface area contributed by atoms with Crippen LogP contribution < -0.4 is 4.90 Å². The van der Waals surface area contributed by atoms with Gasteiger partial charge < -0.3 is 5.11 Å². The van der Waals surface area contributed by atoms with Gasteiger partial charge in [-0.2, -0.15) is 0 Å².